The SMILES string of the molecule is CCOC(=O)CCCNC(=O)C1CCC(=O)N(c2ccc(C)cc2)C1c1cccs1. The number of nitrogens with one attached hydrogen (secondary N) is 1. The average molecular weight is 429 g/mol. The summed E-state index contributed by atoms with van der Waals surface area (Å²) in [7, 11) is 0. The predicted octanol–water partition coefficient (Wildman–Crippen LogP) is 4.00. The van der Waals surface area contributed by atoms with Crippen molar-refractivity contribution in [3.05, 3.63) is 52.2 Å². The number of anilines is 1. The van der Waals surface area contributed by atoms with E-state index in [-0.39, 0.29) is 36.2 Å². The summed E-state index contributed by atoms with van der Waals surface area (Å²) in [6, 6.07) is 11.4. The summed E-state index contributed by atoms with van der Waals surface area (Å²) in [5.74, 6) is -0.646. The van der Waals surface area contributed by atoms with E-state index in [1.165, 1.54) is 0 Å². The Kier molecular flexibility index (Phi) is 7.63. The van der Waals surface area contributed by atoms with Gasteiger partial charge in [0.05, 0.1) is 18.6 Å². The van der Waals surface area contributed by atoms with Crippen molar-refractivity contribution in [1.82, 2.24) is 5.32 Å². The zero-order valence-electron chi connectivity index (χ0n) is 17.4. The molecule has 0 saturated carbocycles. The molecule has 1 N–H and O–H groups in total. The maximum atomic E-state index is 13.1. The van der Waals surface area contributed by atoms with Gasteiger partial charge in [-0.1, -0.05) is 23.8 Å². The first-order valence-electron chi connectivity index (χ1n) is 10.4. The highest BCUT2D eigenvalue weighted by molar-refractivity contribution is 7.10. The number of amides is 2. The van der Waals surface area contributed by atoms with Crippen molar-refractivity contribution >= 4 is 34.8 Å². The highest BCUT2D eigenvalue weighted by Crippen LogP contribution is 2.41. The summed E-state index contributed by atoms with van der Waals surface area (Å²) >= 11 is 1.56. The van der Waals surface area contributed by atoms with Crippen molar-refractivity contribution < 1.29 is 19.1 Å². The molecule has 2 aromatic rings. The summed E-state index contributed by atoms with van der Waals surface area (Å²) in [6.45, 7) is 4.54. The monoisotopic (exact) mass is 428 g/mol. The highest BCUT2D eigenvalue weighted by Gasteiger charge is 2.41. The van der Waals surface area contributed by atoms with Crippen LogP contribution >= 0.6 is 11.3 Å². The number of carbonyl (C=O) groups excluding carboxylic acids is 3. The molecule has 1 saturated heterocycles. The van der Waals surface area contributed by atoms with Crippen LogP contribution in [0.5, 0.6) is 0 Å². The van der Waals surface area contributed by atoms with E-state index >= 15 is 0 Å². The van der Waals surface area contributed by atoms with Gasteiger partial charge in [0.1, 0.15) is 0 Å². The first kappa shape index (κ1) is 22.0. The summed E-state index contributed by atoms with van der Waals surface area (Å²) in [6.07, 6.45) is 1.65. The Labute approximate surface area is 181 Å². The third-order valence-corrected chi connectivity index (χ3v) is 6.19. The number of rotatable bonds is 8. The summed E-state index contributed by atoms with van der Waals surface area (Å²) in [5, 5.41) is 4.93. The lowest BCUT2D eigenvalue weighted by Crippen LogP contribution is -2.48. The summed E-state index contributed by atoms with van der Waals surface area (Å²) < 4.78 is 4.92. The van der Waals surface area contributed by atoms with E-state index in [0.717, 1.165) is 16.1 Å². The second-order valence-corrected chi connectivity index (χ2v) is 8.38. The zero-order valence-corrected chi connectivity index (χ0v) is 18.2. The van der Waals surface area contributed by atoms with Crippen LogP contribution in [-0.2, 0) is 19.1 Å². The lowest BCUT2D eigenvalue weighted by atomic mass is 9.86. The molecule has 30 heavy (non-hydrogen) atoms. The van der Waals surface area contributed by atoms with Crippen LogP contribution in [0.25, 0.3) is 0 Å². The van der Waals surface area contributed by atoms with E-state index in [4.69, 9.17) is 4.74 Å². The van der Waals surface area contributed by atoms with Gasteiger partial charge in [-0.3, -0.25) is 14.4 Å². The summed E-state index contributed by atoms with van der Waals surface area (Å²) in [5.41, 5.74) is 1.93. The smallest absolute Gasteiger partial charge is 0.305 e. The summed E-state index contributed by atoms with van der Waals surface area (Å²) in [4.78, 5) is 40.2. The molecule has 1 aliphatic rings. The van der Waals surface area contributed by atoms with Crippen molar-refractivity contribution in [1.29, 1.82) is 0 Å². The van der Waals surface area contributed by atoms with Crippen LogP contribution in [0, 0.1) is 12.8 Å². The molecule has 1 aliphatic heterocycles. The Balaban J connectivity index is 1.76. The number of hydrogen-bond acceptors (Lipinski definition) is 5. The molecule has 1 fully saturated rings. The molecule has 2 amide bonds. The second kappa shape index (κ2) is 10.4. The molecule has 1 aromatic heterocycles. The van der Waals surface area contributed by atoms with Gasteiger partial charge in [-0.15, -0.1) is 11.3 Å². The van der Waals surface area contributed by atoms with Crippen LogP contribution in [0.15, 0.2) is 41.8 Å². The van der Waals surface area contributed by atoms with Crippen LogP contribution in [0.2, 0.25) is 0 Å². The van der Waals surface area contributed by atoms with Gasteiger partial charge < -0.3 is 15.0 Å². The van der Waals surface area contributed by atoms with Gasteiger partial charge >= 0.3 is 5.97 Å². The molecular formula is C23H28N2O4S. The van der Waals surface area contributed by atoms with Gasteiger partial charge in [-0.2, -0.15) is 0 Å². The van der Waals surface area contributed by atoms with E-state index < -0.39 is 0 Å². The first-order chi connectivity index (χ1) is 14.5. The molecule has 3 rings (SSSR count). The fourth-order valence-corrected chi connectivity index (χ4v) is 4.65. The van der Waals surface area contributed by atoms with Gasteiger partial charge in [-0.25, -0.2) is 0 Å². The Morgan fingerprint density at radius 2 is 2.00 bits per heavy atom. The lowest BCUT2D eigenvalue weighted by molar-refractivity contribution is -0.143. The number of benzene rings is 1. The third-order valence-electron chi connectivity index (χ3n) is 5.24. The van der Waals surface area contributed by atoms with Crippen molar-refractivity contribution in [2.45, 2.75) is 45.6 Å². The molecular weight excluding hydrogens is 400 g/mol. The molecule has 2 atom stereocenters. The molecule has 2 unspecified atom stereocenters. The van der Waals surface area contributed by atoms with E-state index in [0.29, 0.717) is 32.4 Å². The molecule has 1 aromatic carbocycles. The third kappa shape index (κ3) is 5.27. The maximum Gasteiger partial charge on any atom is 0.305 e. The van der Waals surface area contributed by atoms with Crippen LogP contribution in [0.3, 0.4) is 0 Å². The fourth-order valence-electron chi connectivity index (χ4n) is 3.77. The topological polar surface area (TPSA) is 75.7 Å². The van der Waals surface area contributed by atoms with E-state index in [2.05, 4.69) is 5.32 Å². The number of piperidine rings is 1. The molecule has 160 valence electrons. The van der Waals surface area contributed by atoms with Gasteiger partial charge in [0.2, 0.25) is 11.8 Å². The molecule has 2 heterocycles. The molecule has 7 heteroatoms. The standard InChI is InChI=1S/C23H28N2O4S/c1-3-29-21(27)7-4-14-24-23(28)18-12-13-20(26)25(17-10-8-16(2)9-11-17)22(18)19-6-5-15-30-19/h5-6,8-11,15,18,22H,3-4,7,12-14H2,1-2H3,(H,24,28). The second-order valence-electron chi connectivity index (χ2n) is 7.40. The van der Waals surface area contributed by atoms with Crippen LogP contribution < -0.4 is 10.2 Å². The minimum absolute atomic E-state index is 0.0311. The van der Waals surface area contributed by atoms with Gasteiger partial charge in [-0.05, 0) is 50.3 Å². The largest absolute Gasteiger partial charge is 0.466 e. The number of carbonyl (C=O) groups is 3. The Bertz CT molecular complexity index is 864. The fraction of sp³-hybridized carbons (Fsp3) is 0.435. The van der Waals surface area contributed by atoms with E-state index in [1.54, 1.807) is 23.2 Å². The van der Waals surface area contributed by atoms with Crippen LogP contribution in [0.4, 0.5) is 5.69 Å². The minimum Gasteiger partial charge on any atom is -0.466 e. The number of aryl methyl sites for hydroxylation is 1. The van der Waals surface area contributed by atoms with Crippen molar-refractivity contribution in [2.24, 2.45) is 5.92 Å². The Morgan fingerprint density at radius 3 is 2.67 bits per heavy atom. The predicted molar refractivity (Wildman–Crippen MR) is 117 cm³/mol. The van der Waals surface area contributed by atoms with Gasteiger partial charge in [0.15, 0.2) is 0 Å². The molecule has 0 radical (unpaired) electrons. The highest BCUT2D eigenvalue weighted by atomic mass is 32.1. The zero-order chi connectivity index (χ0) is 21.5. The normalized spacial score (nSPS) is 18.9. The van der Waals surface area contributed by atoms with Crippen molar-refractivity contribution in [3.63, 3.8) is 0 Å². The average Bonchev–Trinajstić information content (AvgIpc) is 3.26. The van der Waals surface area contributed by atoms with Crippen LogP contribution in [0.1, 0.15) is 49.1 Å². The molecule has 0 spiro atoms. The van der Waals surface area contributed by atoms with E-state index in [9.17, 15) is 14.4 Å². The number of thiophene rings is 1. The van der Waals surface area contributed by atoms with Crippen molar-refractivity contribution in [3.8, 4) is 0 Å². The molecule has 0 aliphatic carbocycles. The Hall–Kier alpha value is -2.67. The van der Waals surface area contributed by atoms with Gasteiger partial charge in [0, 0.05) is 30.0 Å². The quantitative estimate of drug-likeness (QED) is 0.509. The molecule has 6 nitrogen and oxygen atoms in total. The maximum absolute atomic E-state index is 13.1. The first-order valence-corrected chi connectivity index (χ1v) is 11.2. The number of nitrogens with zero attached hydrogens (tertiary/aromatic N) is 1. The van der Waals surface area contributed by atoms with Gasteiger partial charge in [0.25, 0.3) is 0 Å². The van der Waals surface area contributed by atoms with Crippen LogP contribution in [-0.4, -0.2) is 30.9 Å². The number of esters is 1. The number of ether oxygens (including phenoxy) is 1. The molecule has 0 bridgehead atoms. The van der Waals surface area contributed by atoms with E-state index in [1.807, 2.05) is 48.7 Å². The lowest BCUT2D eigenvalue weighted by Gasteiger charge is -2.40. The Morgan fingerprint density at radius 1 is 1.23 bits per heavy atom. The van der Waals surface area contributed by atoms with Crippen molar-refractivity contribution in [2.75, 3.05) is 18.1 Å². The minimum atomic E-state index is -0.342. The number of hydrogen-bond donors (Lipinski definition) is 1.